The van der Waals surface area contributed by atoms with E-state index < -0.39 is 10.0 Å². The van der Waals surface area contributed by atoms with Crippen molar-refractivity contribution in [2.75, 3.05) is 27.3 Å². The second-order valence-corrected chi connectivity index (χ2v) is 7.78. The zero-order valence-corrected chi connectivity index (χ0v) is 16.0. The van der Waals surface area contributed by atoms with Gasteiger partial charge in [0.2, 0.25) is 15.9 Å². The van der Waals surface area contributed by atoms with Crippen molar-refractivity contribution in [3.63, 3.8) is 0 Å². The fourth-order valence-electron chi connectivity index (χ4n) is 2.79. The topological polar surface area (TPSA) is 93.7 Å². The van der Waals surface area contributed by atoms with E-state index in [9.17, 15) is 13.2 Å². The summed E-state index contributed by atoms with van der Waals surface area (Å²) in [6.45, 7) is 0.177. The van der Waals surface area contributed by atoms with Gasteiger partial charge in [-0.1, -0.05) is 11.6 Å². The molecule has 26 heavy (non-hydrogen) atoms. The van der Waals surface area contributed by atoms with Crippen molar-refractivity contribution >= 4 is 15.9 Å². The van der Waals surface area contributed by atoms with E-state index in [-0.39, 0.29) is 23.1 Å². The van der Waals surface area contributed by atoms with Gasteiger partial charge in [0.1, 0.15) is 16.4 Å². The Morgan fingerprint density at radius 2 is 2.00 bits per heavy atom. The molecule has 0 heterocycles. The summed E-state index contributed by atoms with van der Waals surface area (Å²) in [6, 6.07) is 4.46. The van der Waals surface area contributed by atoms with Gasteiger partial charge in [-0.2, -0.15) is 0 Å². The lowest BCUT2D eigenvalue weighted by Crippen LogP contribution is -2.37. The zero-order chi connectivity index (χ0) is 19.0. The molecule has 0 saturated carbocycles. The lowest BCUT2D eigenvalue weighted by Gasteiger charge is -2.14. The summed E-state index contributed by atoms with van der Waals surface area (Å²) < 4.78 is 37.4. The molecule has 0 aliphatic heterocycles. The molecule has 0 atom stereocenters. The van der Waals surface area contributed by atoms with Gasteiger partial charge in [-0.3, -0.25) is 4.79 Å². The number of carbonyl (C=O) groups excluding carboxylic acids is 1. The Kier molecular flexibility index (Phi) is 7.47. The Morgan fingerprint density at radius 1 is 1.19 bits per heavy atom. The molecule has 0 unspecified atom stereocenters. The van der Waals surface area contributed by atoms with Crippen LogP contribution in [0, 0.1) is 0 Å². The van der Waals surface area contributed by atoms with Crippen LogP contribution in [0.5, 0.6) is 11.5 Å². The third-order valence-electron chi connectivity index (χ3n) is 4.24. The van der Waals surface area contributed by atoms with Crippen LogP contribution in [-0.4, -0.2) is 41.6 Å². The van der Waals surface area contributed by atoms with E-state index in [0.29, 0.717) is 12.3 Å². The van der Waals surface area contributed by atoms with Gasteiger partial charge in [0.25, 0.3) is 0 Å². The van der Waals surface area contributed by atoms with Crippen molar-refractivity contribution in [1.82, 2.24) is 10.0 Å². The van der Waals surface area contributed by atoms with Gasteiger partial charge in [0.15, 0.2) is 0 Å². The molecule has 1 aliphatic carbocycles. The average Bonchev–Trinajstić information content (AvgIpc) is 2.66. The molecule has 2 rings (SSSR count). The summed E-state index contributed by atoms with van der Waals surface area (Å²) in [7, 11) is -1.08. The van der Waals surface area contributed by atoms with Crippen LogP contribution < -0.4 is 19.5 Å². The standard InChI is InChI=1S/C18H26N2O5S/c1-24-15-8-9-16(25-2)17(12-15)26(22,23)20-13-18(21)19-11-10-14-6-4-3-5-7-14/h6,8-9,12,20H,3-5,7,10-11,13H2,1-2H3,(H,19,21). The number of methoxy groups -OCH3 is 2. The average molecular weight is 382 g/mol. The van der Waals surface area contributed by atoms with Crippen LogP contribution in [0.3, 0.4) is 0 Å². The van der Waals surface area contributed by atoms with Crippen molar-refractivity contribution in [2.45, 2.75) is 37.0 Å². The molecule has 1 aromatic carbocycles. The summed E-state index contributed by atoms with van der Waals surface area (Å²) in [5, 5.41) is 2.74. The molecule has 1 aromatic rings. The van der Waals surface area contributed by atoms with Gasteiger partial charge in [-0.25, -0.2) is 13.1 Å². The van der Waals surface area contributed by atoms with Crippen LogP contribution >= 0.6 is 0 Å². The number of benzene rings is 1. The Morgan fingerprint density at radius 3 is 2.65 bits per heavy atom. The number of allylic oxidation sites excluding steroid dienone is 1. The van der Waals surface area contributed by atoms with Gasteiger partial charge in [-0.05, 0) is 44.2 Å². The first-order chi connectivity index (χ1) is 12.5. The Labute approximate surface area is 154 Å². The number of sulfonamides is 1. The largest absolute Gasteiger partial charge is 0.497 e. The van der Waals surface area contributed by atoms with E-state index in [1.54, 1.807) is 6.07 Å². The van der Waals surface area contributed by atoms with E-state index >= 15 is 0 Å². The van der Waals surface area contributed by atoms with E-state index in [2.05, 4.69) is 16.1 Å². The molecular formula is C18H26N2O5S. The number of rotatable bonds is 9. The van der Waals surface area contributed by atoms with Gasteiger partial charge < -0.3 is 14.8 Å². The minimum absolute atomic E-state index is 0.0699. The molecule has 0 radical (unpaired) electrons. The van der Waals surface area contributed by atoms with Gasteiger partial charge in [0.05, 0.1) is 20.8 Å². The SMILES string of the molecule is COc1ccc(OC)c(S(=O)(=O)NCC(=O)NCCC2=CCCCC2)c1. The molecule has 2 N–H and O–H groups in total. The summed E-state index contributed by atoms with van der Waals surface area (Å²) >= 11 is 0. The summed E-state index contributed by atoms with van der Waals surface area (Å²) in [4.78, 5) is 11.9. The number of ether oxygens (including phenoxy) is 2. The fourth-order valence-corrected chi connectivity index (χ4v) is 3.95. The zero-order valence-electron chi connectivity index (χ0n) is 15.2. The number of amides is 1. The van der Waals surface area contributed by atoms with Crippen molar-refractivity contribution in [1.29, 1.82) is 0 Å². The minimum Gasteiger partial charge on any atom is -0.497 e. The summed E-state index contributed by atoms with van der Waals surface area (Å²) in [5.41, 5.74) is 1.36. The van der Waals surface area contributed by atoms with Crippen molar-refractivity contribution in [3.8, 4) is 11.5 Å². The smallest absolute Gasteiger partial charge is 0.244 e. The van der Waals surface area contributed by atoms with Crippen LogP contribution in [0.1, 0.15) is 32.1 Å². The third-order valence-corrected chi connectivity index (χ3v) is 5.66. The molecule has 0 spiro atoms. The minimum atomic E-state index is -3.90. The number of hydrogen-bond donors (Lipinski definition) is 2. The predicted octanol–water partition coefficient (Wildman–Crippen LogP) is 1.99. The Balaban J connectivity index is 1.89. The second kappa shape index (κ2) is 9.59. The highest BCUT2D eigenvalue weighted by Gasteiger charge is 2.21. The highest BCUT2D eigenvalue weighted by Crippen LogP contribution is 2.27. The van der Waals surface area contributed by atoms with Gasteiger partial charge in [-0.15, -0.1) is 0 Å². The third kappa shape index (κ3) is 5.74. The number of nitrogens with one attached hydrogen (secondary N) is 2. The lowest BCUT2D eigenvalue weighted by molar-refractivity contribution is -0.119. The highest BCUT2D eigenvalue weighted by molar-refractivity contribution is 7.89. The molecule has 0 bridgehead atoms. The first kappa shape index (κ1) is 20.3. The maximum Gasteiger partial charge on any atom is 0.244 e. The monoisotopic (exact) mass is 382 g/mol. The van der Waals surface area contributed by atoms with E-state index in [0.717, 1.165) is 19.3 Å². The van der Waals surface area contributed by atoms with Crippen LogP contribution in [0.2, 0.25) is 0 Å². The van der Waals surface area contributed by atoms with Crippen molar-refractivity contribution in [2.24, 2.45) is 0 Å². The van der Waals surface area contributed by atoms with E-state index in [1.807, 2.05) is 0 Å². The fraction of sp³-hybridized carbons (Fsp3) is 0.500. The maximum absolute atomic E-state index is 12.5. The van der Waals surface area contributed by atoms with E-state index in [4.69, 9.17) is 9.47 Å². The van der Waals surface area contributed by atoms with Gasteiger partial charge in [0, 0.05) is 12.6 Å². The van der Waals surface area contributed by atoms with Crippen LogP contribution in [0.25, 0.3) is 0 Å². The molecule has 1 amide bonds. The van der Waals surface area contributed by atoms with Crippen LogP contribution in [0.15, 0.2) is 34.7 Å². The first-order valence-electron chi connectivity index (χ1n) is 8.62. The molecule has 7 nitrogen and oxygen atoms in total. The predicted molar refractivity (Wildman–Crippen MR) is 98.9 cm³/mol. The van der Waals surface area contributed by atoms with Crippen molar-refractivity contribution < 1.29 is 22.7 Å². The lowest BCUT2D eigenvalue weighted by atomic mass is 9.97. The molecule has 0 saturated heterocycles. The Bertz CT molecular complexity index is 759. The molecular weight excluding hydrogens is 356 g/mol. The molecule has 0 fully saturated rings. The Hall–Kier alpha value is -2.06. The molecule has 8 heteroatoms. The molecule has 0 aromatic heterocycles. The van der Waals surface area contributed by atoms with Crippen molar-refractivity contribution in [3.05, 3.63) is 29.8 Å². The number of carbonyl (C=O) groups is 1. The van der Waals surface area contributed by atoms with E-state index in [1.165, 1.54) is 44.8 Å². The first-order valence-corrected chi connectivity index (χ1v) is 10.1. The number of hydrogen-bond acceptors (Lipinski definition) is 5. The quantitative estimate of drug-likeness (QED) is 0.637. The normalized spacial score (nSPS) is 14.5. The molecule has 144 valence electrons. The van der Waals surface area contributed by atoms with Gasteiger partial charge >= 0.3 is 0 Å². The van der Waals surface area contributed by atoms with Crippen LogP contribution in [-0.2, 0) is 14.8 Å². The van der Waals surface area contributed by atoms with Crippen LogP contribution in [0.4, 0.5) is 0 Å². The second-order valence-electron chi connectivity index (χ2n) is 6.05. The molecule has 1 aliphatic rings. The highest BCUT2D eigenvalue weighted by atomic mass is 32.2. The summed E-state index contributed by atoms with van der Waals surface area (Å²) in [5.74, 6) is 0.200. The maximum atomic E-state index is 12.5. The summed E-state index contributed by atoms with van der Waals surface area (Å²) in [6.07, 6.45) is 7.65.